The molecule has 1 aromatic heterocycles. The first-order valence-corrected chi connectivity index (χ1v) is 7.79. The fourth-order valence-corrected chi connectivity index (χ4v) is 2.30. The van der Waals surface area contributed by atoms with Crippen molar-refractivity contribution in [1.82, 2.24) is 10.3 Å². The highest BCUT2D eigenvalue weighted by Gasteiger charge is 2.01. The Hall–Kier alpha value is -2.14. The average molecular weight is 314 g/mol. The predicted octanol–water partition coefficient (Wildman–Crippen LogP) is 3.20. The van der Waals surface area contributed by atoms with Crippen LogP contribution in [0.5, 0.6) is 0 Å². The van der Waals surface area contributed by atoms with Gasteiger partial charge in [0.25, 0.3) is 0 Å². The number of nitrogens with zero attached hydrogens (tertiary/aromatic N) is 2. The summed E-state index contributed by atoms with van der Waals surface area (Å²) in [5.74, 6) is 0.777. The number of hydrogen-bond acceptors (Lipinski definition) is 3. The number of thiocarbonyl (C=S) groups is 1. The molecule has 5 heteroatoms. The Labute approximate surface area is 137 Å². The van der Waals surface area contributed by atoms with Gasteiger partial charge < -0.3 is 15.5 Å². The van der Waals surface area contributed by atoms with Crippen LogP contribution in [-0.2, 0) is 0 Å². The molecule has 0 bridgehead atoms. The van der Waals surface area contributed by atoms with Crippen LogP contribution in [0.2, 0.25) is 0 Å². The van der Waals surface area contributed by atoms with E-state index in [1.54, 1.807) is 6.20 Å². The number of rotatable bonds is 6. The van der Waals surface area contributed by atoms with Crippen LogP contribution in [0.1, 0.15) is 12.0 Å². The number of pyridine rings is 1. The molecule has 2 N–H and O–H groups in total. The van der Waals surface area contributed by atoms with Crippen LogP contribution >= 0.6 is 12.2 Å². The summed E-state index contributed by atoms with van der Waals surface area (Å²) in [4.78, 5) is 6.47. The van der Waals surface area contributed by atoms with Crippen molar-refractivity contribution in [3.8, 4) is 0 Å². The van der Waals surface area contributed by atoms with E-state index in [4.69, 9.17) is 12.2 Å². The molecule has 0 amide bonds. The van der Waals surface area contributed by atoms with Crippen molar-refractivity contribution >= 4 is 28.8 Å². The van der Waals surface area contributed by atoms with Crippen molar-refractivity contribution in [2.75, 3.05) is 30.4 Å². The van der Waals surface area contributed by atoms with E-state index in [0.29, 0.717) is 5.11 Å². The van der Waals surface area contributed by atoms with Gasteiger partial charge in [0.15, 0.2) is 5.11 Å². The van der Waals surface area contributed by atoms with Crippen LogP contribution in [0.15, 0.2) is 48.7 Å². The van der Waals surface area contributed by atoms with Gasteiger partial charge in [0.05, 0.1) is 0 Å². The third kappa shape index (κ3) is 5.33. The topological polar surface area (TPSA) is 40.2 Å². The lowest BCUT2D eigenvalue weighted by molar-refractivity contribution is 0.755. The van der Waals surface area contributed by atoms with Crippen molar-refractivity contribution < 1.29 is 0 Å². The third-order valence-corrected chi connectivity index (χ3v) is 3.56. The minimum atomic E-state index is 0.612. The number of benzene rings is 1. The van der Waals surface area contributed by atoms with Crippen LogP contribution < -0.4 is 15.5 Å². The number of nitrogens with one attached hydrogen (secondary N) is 2. The number of para-hydroxylation sites is 1. The summed E-state index contributed by atoms with van der Waals surface area (Å²) in [6.07, 6.45) is 2.78. The van der Waals surface area contributed by atoms with Crippen molar-refractivity contribution in [1.29, 1.82) is 0 Å². The second kappa shape index (κ2) is 8.34. The smallest absolute Gasteiger partial charge is 0.171 e. The largest absolute Gasteiger partial charge is 0.375 e. The minimum Gasteiger partial charge on any atom is -0.375 e. The zero-order valence-electron chi connectivity index (χ0n) is 13.0. The zero-order chi connectivity index (χ0) is 15.8. The van der Waals surface area contributed by atoms with E-state index in [0.717, 1.165) is 30.9 Å². The van der Waals surface area contributed by atoms with Gasteiger partial charge >= 0.3 is 0 Å². The van der Waals surface area contributed by atoms with Gasteiger partial charge in [-0.25, -0.2) is 4.98 Å². The monoisotopic (exact) mass is 314 g/mol. The second-order valence-electron chi connectivity index (χ2n) is 5.21. The number of anilines is 2. The van der Waals surface area contributed by atoms with E-state index < -0.39 is 0 Å². The highest BCUT2D eigenvalue weighted by Crippen LogP contribution is 2.10. The molecule has 0 aliphatic rings. The van der Waals surface area contributed by atoms with Crippen molar-refractivity contribution in [2.45, 2.75) is 13.3 Å². The lowest BCUT2D eigenvalue weighted by Gasteiger charge is -2.19. The normalized spacial score (nSPS) is 10.1. The van der Waals surface area contributed by atoms with Crippen molar-refractivity contribution in [2.24, 2.45) is 0 Å². The number of aryl methyl sites for hydroxylation is 1. The summed E-state index contributed by atoms with van der Waals surface area (Å²) in [6, 6.07) is 14.3. The van der Waals surface area contributed by atoms with Gasteiger partial charge in [-0.1, -0.05) is 18.2 Å². The predicted molar refractivity (Wildman–Crippen MR) is 97.5 cm³/mol. The molecule has 0 aliphatic heterocycles. The molecule has 1 heterocycles. The van der Waals surface area contributed by atoms with Gasteiger partial charge in [0.1, 0.15) is 5.82 Å². The third-order valence-electron chi connectivity index (χ3n) is 3.31. The van der Waals surface area contributed by atoms with Crippen LogP contribution in [0.3, 0.4) is 0 Å². The molecule has 0 fully saturated rings. The Bertz CT molecular complexity index is 601. The molecule has 0 radical (unpaired) electrons. The SMILES string of the molecule is Cc1ccnc(NC(=S)NCCCN(C)c2ccccc2)c1. The Balaban J connectivity index is 1.67. The number of aromatic nitrogens is 1. The van der Waals surface area contributed by atoms with E-state index in [-0.39, 0.29) is 0 Å². The molecule has 0 saturated carbocycles. The number of hydrogen-bond donors (Lipinski definition) is 2. The molecule has 0 spiro atoms. The lowest BCUT2D eigenvalue weighted by atomic mass is 10.3. The standard InChI is InChI=1S/C17H22N4S/c1-14-9-11-18-16(13-14)20-17(22)19-10-6-12-21(2)15-7-4-3-5-8-15/h3-5,7-9,11,13H,6,10,12H2,1-2H3,(H2,18,19,20,22). The maximum absolute atomic E-state index is 5.28. The van der Waals surface area contributed by atoms with Gasteiger partial charge in [0.2, 0.25) is 0 Å². The molecule has 2 rings (SSSR count). The van der Waals surface area contributed by atoms with E-state index >= 15 is 0 Å². The summed E-state index contributed by atoms with van der Waals surface area (Å²) in [7, 11) is 2.10. The van der Waals surface area contributed by atoms with E-state index in [1.807, 2.05) is 25.1 Å². The first kappa shape index (κ1) is 16.2. The van der Waals surface area contributed by atoms with Crippen molar-refractivity contribution in [3.63, 3.8) is 0 Å². The first-order valence-electron chi connectivity index (χ1n) is 7.39. The molecular formula is C17H22N4S. The summed E-state index contributed by atoms with van der Waals surface area (Å²) in [5.41, 5.74) is 2.39. The van der Waals surface area contributed by atoms with Gasteiger partial charge in [-0.3, -0.25) is 0 Å². The summed E-state index contributed by atoms with van der Waals surface area (Å²) in [6.45, 7) is 3.83. The Kier molecular flexibility index (Phi) is 6.15. The minimum absolute atomic E-state index is 0.612. The van der Waals surface area contributed by atoms with E-state index in [9.17, 15) is 0 Å². The molecule has 0 atom stereocenters. The lowest BCUT2D eigenvalue weighted by Crippen LogP contribution is -2.31. The maximum Gasteiger partial charge on any atom is 0.171 e. The summed E-state index contributed by atoms with van der Waals surface area (Å²) < 4.78 is 0. The van der Waals surface area contributed by atoms with E-state index in [2.05, 4.69) is 51.8 Å². The fraction of sp³-hybridized carbons (Fsp3) is 0.294. The molecule has 0 saturated heterocycles. The molecule has 0 aliphatic carbocycles. The van der Waals surface area contributed by atoms with Crippen LogP contribution in [-0.4, -0.2) is 30.2 Å². The molecule has 22 heavy (non-hydrogen) atoms. The average Bonchev–Trinajstić information content (AvgIpc) is 2.52. The fourth-order valence-electron chi connectivity index (χ4n) is 2.09. The first-order chi connectivity index (χ1) is 10.6. The Morgan fingerprint density at radius 3 is 2.73 bits per heavy atom. The quantitative estimate of drug-likeness (QED) is 0.633. The van der Waals surface area contributed by atoms with Gasteiger partial charge in [-0.05, 0) is 55.4 Å². The summed E-state index contributed by atoms with van der Waals surface area (Å²) in [5, 5.41) is 6.92. The van der Waals surface area contributed by atoms with Crippen LogP contribution in [0.25, 0.3) is 0 Å². The van der Waals surface area contributed by atoms with Gasteiger partial charge in [-0.2, -0.15) is 0 Å². The summed E-state index contributed by atoms with van der Waals surface area (Å²) >= 11 is 5.28. The highest BCUT2D eigenvalue weighted by atomic mass is 32.1. The molecular weight excluding hydrogens is 292 g/mol. The maximum atomic E-state index is 5.28. The van der Waals surface area contributed by atoms with E-state index in [1.165, 1.54) is 5.69 Å². The second-order valence-corrected chi connectivity index (χ2v) is 5.62. The van der Waals surface area contributed by atoms with Crippen LogP contribution in [0.4, 0.5) is 11.5 Å². The molecule has 2 aromatic rings. The molecule has 1 aromatic carbocycles. The van der Waals surface area contributed by atoms with Crippen LogP contribution in [0, 0.1) is 6.92 Å². The molecule has 4 nitrogen and oxygen atoms in total. The zero-order valence-corrected chi connectivity index (χ0v) is 13.9. The molecule has 0 unspecified atom stereocenters. The Morgan fingerprint density at radius 1 is 1.23 bits per heavy atom. The highest BCUT2D eigenvalue weighted by molar-refractivity contribution is 7.80. The Morgan fingerprint density at radius 2 is 2.00 bits per heavy atom. The molecule has 116 valence electrons. The van der Waals surface area contributed by atoms with Gasteiger partial charge in [-0.15, -0.1) is 0 Å². The van der Waals surface area contributed by atoms with Crippen molar-refractivity contribution in [3.05, 3.63) is 54.2 Å². The van der Waals surface area contributed by atoms with Gasteiger partial charge in [0, 0.05) is 32.0 Å².